The van der Waals surface area contributed by atoms with E-state index in [0.717, 1.165) is 25.9 Å². The SMILES string of the molecule is O=C(CN1CCC(NC(=O)c2ccccc2)CC1)Nc1ccccc1Oc1ccccc1. The molecule has 6 heteroatoms. The first-order valence-corrected chi connectivity index (χ1v) is 10.9. The van der Waals surface area contributed by atoms with E-state index in [1.54, 1.807) is 0 Å². The van der Waals surface area contributed by atoms with Crippen LogP contribution in [0.5, 0.6) is 11.5 Å². The highest BCUT2D eigenvalue weighted by molar-refractivity contribution is 5.94. The number of carbonyl (C=O) groups is 2. The molecule has 3 aromatic rings. The fraction of sp³-hybridized carbons (Fsp3) is 0.231. The van der Waals surface area contributed by atoms with Crippen LogP contribution in [0.2, 0.25) is 0 Å². The van der Waals surface area contributed by atoms with E-state index in [9.17, 15) is 9.59 Å². The van der Waals surface area contributed by atoms with Gasteiger partial charge in [-0.25, -0.2) is 0 Å². The molecule has 0 aliphatic carbocycles. The average molecular weight is 430 g/mol. The molecule has 2 N–H and O–H groups in total. The van der Waals surface area contributed by atoms with Gasteiger partial charge in [0.1, 0.15) is 5.75 Å². The molecule has 0 unspecified atom stereocenters. The molecule has 1 aliphatic rings. The molecule has 4 rings (SSSR count). The number of amides is 2. The van der Waals surface area contributed by atoms with Crippen molar-refractivity contribution in [3.8, 4) is 11.5 Å². The van der Waals surface area contributed by atoms with Gasteiger partial charge in [-0.05, 0) is 49.2 Å². The first-order chi connectivity index (χ1) is 15.7. The molecular formula is C26H27N3O3. The number of hydrogen-bond acceptors (Lipinski definition) is 4. The van der Waals surface area contributed by atoms with Crippen LogP contribution < -0.4 is 15.4 Å². The molecule has 3 aromatic carbocycles. The lowest BCUT2D eigenvalue weighted by Crippen LogP contribution is -2.46. The first kappa shape index (κ1) is 21.6. The molecule has 0 atom stereocenters. The standard InChI is InChI=1S/C26H27N3O3/c30-25(28-23-13-7-8-14-24(23)32-22-11-5-2-6-12-22)19-29-17-15-21(16-18-29)27-26(31)20-9-3-1-4-10-20/h1-14,21H,15-19H2,(H,27,31)(H,28,30). The monoisotopic (exact) mass is 429 g/mol. The third kappa shape index (κ3) is 5.95. The van der Waals surface area contributed by atoms with Gasteiger partial charge in [0.05, 0.1) is 12.2 Å². The van der Waals surface area contributed by atoms with Crippen molar-refractivity contribution in [3.05, 3.63) is 90.5 Å². The minimum atomic E-state index is -0.0825. The Morgan fingerprint density at radius 1 is 0.844 bits per heavy atom. The zero-order chi connectivity index (χ0) is 22.2. The van der Waals surface area contributed by atoms with Crippen LogP contribution in [0.1, 0.15) is 23.2 Å². The number of carbonyl (C=O) groups excluding carboxylic acids is 2. The number of hydrogen-bond donors (Lipinski definition) is 2. The summed E-state index contributed by atoms with van der Waals surface area (Å²) in [5.41, 5.74) is 1.32. The quantitative estimate of drug-likeness (QED) is 0.587. The molecule has 0 radical (unpaired) electrons. The molecule has 6 nitrogen and oxygen atoms in total. The molecule has 0 aromatic heterocycles. The maximum Gasteiger partial charge on any atom is 0.251 e. The summed E-state index contributed by atoms with van der Waals surface area (Å²) in [5.74, 6) is 1.20. The Hall–Kier alpha value is -3.64. The lowest BCUT2D eigenvalue weighted by atomic mass is 10.0. The second-order valence-electron chi connectivity index (χ2n) is 7.85. The number of likely N-dealkylation sites (tertiary alicyclic amines) is 1. The Balaban J connectivity index is 1.26. The smallest absolute Gasteiger partial charge is 0.251 e. The second kappa shape index (κ2) is 10.6. The van der Waals surface area contributed by atoms with Gasteiger partial charge in [0.15, 0.2) is 5.75 Å². The number of piperidine rings is 1. The Labute approximate surface area is 188 Å². The van der Waals surface area contributed by atoms with Crippen molar-refractivity contribution in [3.63, 3.8) is 0 Å². The molecule has 1 saturated heterocycles. The fourth-order valence-electron chi connectivity index (χ4n) is 3.76. The number of para-hydroxylation sites is 3. The van der Waals surface area contributed by atoms with Crippen LogP contribution in [0.4, 0.5) is 5.69 Å². The van der Waals surface area contributed by atoms with Gasteiger partial charge in [0.25, 0.3) is 5.91 Å². The maximum atomic E-state index is 12.7. The third-order valence-electron chi connectivity index (χ3n) is 5.46. The lowest BCUT2D eigenvalue weighted by Gasteiger charge is -2.31. The summed E-state index contributed by atoms with van der Waals surface area (Å²) in [6.45, 7) is 1.82. The summed E-state index contributed by atoms with van der Waals surface area (Å²) in [5, 5.41) is 6.06. The number of ether oxygens (including phenoxy) is 1. The average Bonchev–Trinajstić information content (AvgIpc) is 2.83. The van der Waals surface area contributed by atoms with Crippen molar-refractivity contribution in [1.29, 1.82) is 0 Å². The number of nitrogens with zero attached hydrogens (tertiary/aromatic N) is 1. The van der Waals surface area contributed by atoms with Crippen molar-refractivity contribution in [2.75, 3.05) is 25.0 Å². The number of benzene rings is 3. The lowest BCUT2D eigenvalue weighted by molar-refractivity contribution is -0.117. The normalized spacial score (nSPS) is 14.5. The molecule has 0 spiro atoms. The highest BCUT2D eigenvalue weighted by Crippen LogP contribution is 2.29. The minimum Gasteiger partial charge on any atom is -0.455 e. The second-order valence-corrected chi connectivity index (χ2v) is 7.85. The van der Waals surface area contributed by atoms with Gasteiger partial charge in [0.2, 0.25) is 5.91 Å². The van der Waals surface area contributed by atoms with Crippen molar-refractivity contribution in [1.82, 2.24) is 10.2 Å². The zero-order valence-electron chi connectivity index (χ0n) is 17.9. The number of anilines is 1. The van der Waals surface area contributed by atoms with E-state index < -0.39 is 0 Å². The summed E-state index contributed by atoms with van der Waals surface area (Å²) >= 11 is 0. The summed E-state index contributed by atoms with van der Waals surface area (Å²) < 4.78 is 5.92. The Bertz CT molecular complexity index is 1030. The fourth-order valence-corrected chi connectivity index (χ4v) is 3.76. The van der Waals surface area contributed by atoms with Crippen LogP contribution in [-0.4, -0.2) is 42.4 Å². The van der Waals surface area contributed by atoms with Crippen molar-refractivity contribution >= 4 is 17.5 Å². The van der Waals surface area contributed by atoms with Crippen LogP contribution in [0.3, 0.4) is 0 Å². The molecule has 1 fully saturated rings. The van der Waals surface area contributed by atoms with E-state index in [1.165, 1.54) is 0 Å². The molecule has 32 heavy (non-hydrogen) atoms. The molecule has 2 amide bonds. The van der Waals surface area contributed by atoms with Crippen molar-refractivity contribution in [2.45, 2.75) is 18.9 Å². The van der Waals surface area contributed by atoms with Crippen LogP contribution in [0.15, 0.2) is 84.9 Å². The van der Waals surface area contributed by atoms with Crippen LogP contribution in [0.25, 0.3) is 0 Å². The van der Waals surface area contributed by atoms with E-state index >= 15 is 0 Å². The highest BCUT2D eigenvalue weighted by Gasteiger charge is 2.22. The van der Waals surface area contributed by atoms with Gasteiger partial charge in [0, 0.05) is 24.7 Å². The summed E-state index contributed by atoms with van der Waals surface area (Å²) in [6.07, 6.45) is 1.64. The highest BCUT2D eigenvalue weighted by atomic mass is 16.5. The van der Waals surface area contributed by atoms with Gasteiger partial charge < -0.3 is 15.4 Å². The predicted octanol–water partition coefficient (Wildman–Crippen LogP) is 4.31. The summed E-state index contributed by atoms with van der Waals surface area (Å²) in [7, 11) is 0. The molecule has 0 bridgehead atoms. The number of nitrogens with one attached hydrogen (secondary N) is 2. The molecule has 164 valence electrons. The van der Waals surface area contributed by atoms with Crippen LogP contribution >= 0.6 is 0 Å². The summed E-state index contributed by atoms with van der Waals surface area (Å²) in [4.78, 5) is 27.1. The number of rotatable bonds is 7. The van der Waals surface area contributed by atoms with Gasteiger partial charge in [-0.15, -0.1) is 0 Å². The van der Waals surface area contributed by atoms with Gasteiger partial charge in [-0.1, -0.05) is 48.5 Å². The van der Waals surface area contributed by atoms with E-state index in [0.29, 0.717) is 29.3 Å². The Morgan fingerprint density at radius 2 is 1.47 bits per heavy atom. The Kier molecular flexibility index (Phi) is 7.15. The van der Waals surface area contributed by atoms with Gasteiger partial charge in [-0.2, -0.15) is 0 Å². The van der Waals surface area contributed by atoms with Crippen molar-refractivity contribution < 1.29 is 14.3 Å². The van der Waals surface area contributed by atoms with Crippen molar-refractivity contribution in [2.24, 2.45) is 0 Å². The summed E-state index contributed by atoms with van der Waals surface area (Å²) in [6, 6.07) is 26.3. The van der Waals surface area contributed by atoms with Gasteiger partial charge in [-0.3, -0.25) is 14.5 Å². The van der Waals surface area contributed by atoms with Gasteiger partial charge >= 0.3 is 0 Å². The Morgan fingerprint density at radius 3 is 2.19 bits per heavy atom. The minimum absolute atomic E-state index is 0.0446. The van der Waals surface area contributed by atoms with E-state index in [2.05, 4.69) is 15.5 Å². The van der Waals surface area contributed by atoms with E-state index in [1.807, 2.05) is 84.9 Å². The maximum absolute atomic E-state index is 12.7. The van der Waals surface area contributed by atoms with E-state index in [-0.39, 0.29) is 17.9 Å². The molecule has 1 heterocycles. The topological polar surface area (TPSA) is 70.7 Å². The first-order valence-electron chi connectivity index (χ1n) is 10.9. The van der Waals surface area contributed by atoms with Crippen LogP contribution in [0, 0.1) is 0 Å². The zero-order valence-corrected chi connectivity index (χ0v) is 17.9. The largest absolute Gasteiger partial charge is 0.455 e. The van der Waals surface area contributed by atoms with E-state index in [4.69, 9.17) is 4.74 Å². The predicted molar refractivity (Wildman–Crippen MR) is 125 cm³/mol. The third-order valence-corrected chi connectivity index (χ3v) is 5.46. The van der Waals surface area contributed by atoms with Crippen LogP contribution in [-0.2, 0) is 4.79 Å². The molecular weight excluding hydrogens is 402 g/mol. The molecule has 1 aliphatic heterocycles. The molecule has 0 saturated carbocycles.